The predicted octanol–water partition coefficient (Wildman–Crippen LogP) is 2.57. The Bertz CT molecular complexity index is 827. The molecular weight excluding hydrogens is 376 g/mol. The van der Waals surface area contributed by atoms with Crippen LogP contribution < -0.4 is 0 Å². The van der Waals surface area contributed by atoms with Crippen molar-refractivity contribution < 1.29 is 9.59 Å². The van der Waals surface area contributed by atoms with E-state index in [1.165, 1.54) is 19.3 Å². The third kappa shape index (κ3) is 3.96. The van der Waals surface area contributed by atoms with Gasteiger partial charge in [-0.3, -0.25) is 14.5 Å². The highest BCUT2D eigenvalue weighted by Gasteiger charge is 2.50. The molecule has 2 aliphatic heterocycles. The van der Waals surface area contributed by atoms with Gasteiger partial charge in [-0.15, -0.1) is 0 Å². The molecule has 1 saturated carbocycles. The molecule has 3 fully saturated rings. The zero-order chi connectivity index (χ0) is 21.1. The topological polar surface area (TPSA) is 67.6 Å². The Labute approximate surface area is 179 Å². The number of nitriles is 1. The Morgan fingerprint density at radius 3 is 2.43 bits per heavy atom. The summed E-state index contributed by atoms with van der Waals surface area (Å²) in [6.45, 7) is 5.72. The lowest BCUT2D eigenvalue weighted by Crippen LogP contribution is -2.59. The summed E-state index contributed by atoms with van der Waals surface area (Å²) in [6.07, 6.45) is 6.96. The Kier molecular flexibility index (Phi) is 6.10. The minimum atomic E-state index is -0.800. The van der Waals surface area contributed by atoms with Gasteiger partial charge in [0.15, 0.2) is 0 Å². The minimum Gasteiger partial charge on any atom is -0.339 e. The lowest BCUT2D eigenvalue weighted by Gasteiger charge is -2.41. The molecule has 2 heterocycles. The van der Waals surface area contributed by atoms with E-state index < -0.39 is 5.54 Å². The van der Waals surface area contributed by atoms with E-state index in [-0.39, 0.29) is 11.8 Å². The van der Waals surface area contributed by atoms with Crippen molar-refractivity contribution in [2.24, 2.45) is 0 Å². The van der Waals surface area contributed by atoms with Crippen molar-refractivity contribution in [2.75, 3.05) is 32.7 Å². The van der Waals surface area contributed by atoms with Gasteiger partial charge < -0.3 is 9.80 Å². The van der Waals surface area contributed by atoms with Gasteiger partial charge in [0.25, 0.3) is 0 Å². The van der Waals surface area contributed by atoms with Crippen molar-refractivity contribution in [1.82, 2.24) is 14.7 Å². The summed E-state index contributed by atoms with van der Waals surface area (Å²) in [5, 5.41) is 9.08. The van der Waals surface area contributed by atoms with Gasteiger partial charge in [0, 0.05) is 52.1 Å². The van der Waals surface area contributed by atoms with E-state index in [1.807, 2.05) is 21.9 Å². The van der Waals surface area contributed by atoms with Gasteiger partial charge in [-0.2, -0.15) is 5.26 Å². The molecule has 160 valence electrons. The van der Waals surface area contributed by atoms with Crippen molar-refractivity contribution in [3.63, 3.8) is 0 Å². The van der Waals surface area contributed by atoms with Gasteiger partial charge in [-0.1, -0.05) is 18.6 Å². The lowest BCUT2D eigenvalue weighted by molar-refractivity contribution is -0.150. The predicted molar refractivity (Wildman–Crippen MR) is 115 cm³/mol. The Morgan fingerprint density at radius 2 is 1.80 bits per heavy atom. The monoisotopic (exact) mass is 408 g/mol. The van der Waals surface area contributed by atoms with Gasteiger partial charge in [-0.25, -0.2) is 0 Å². The average Bonchev–Trinajstić information content (AvgIpc) is 2.99. The third-order valence-electron chi connectivity index (χ3n) is 7.26. The highest BCUT2D eigenvalue weighted by Crippen LogP contribution is 2.35. The van der Waals surface area contributed by atoms with E-state index in [0.717, 1.165) is 44.6 Å². The summed E-state index contributed by atoms with van der Waals surface area (Å²) < 4.78 is 0. The molecular formula is C24H32N4O2. The fraction of sp³-hybridized carbons (Fsp3) is 0.625. The molecule has 0 N–H and O–H groups in total. The number of rotatable bonds is 4. The molecule has 30 heavy (non-hydrogen) atoms. The van der Waals surface area contributed by atoms with E-state index in [1.54, 1.807) is 19.1 Å². The molecule has 1 atom stereocenters. The van der Waals surface area contributed by atoms with Crippen molar-refractivity contribution in [3.05, 3.63) is 35.4 Å². The molecule has 3 aliphatic rings. The normalized spacial score (nSPS) is 25.5. The molecule has 4 rings (SSSR count). The second kappa shape index (κ2) is 8.77. The first kappa shape index (κ1) is 20.9. The van der Waals surface area contributed by atoms with Gasteiger partial charge >= 0.3 is 0 Å². The summed E-state index contributed by atoms with van der Waals surface area (Å²) in [7, 11) is 0. The quantitative estimate of drug-likeness (QED) is 0.768. The molecule has 0 bridgehead atoms. The first-order valence-electron chi connectivity index (χ1n) is 11.3. The van der Waals surface area contributed by atoms with Gasteiger partial charge in [0.2, 0.25) is 11.8 Å². The summed E-state index contributed by atoms with van der Waals surface area (Å²) in [6, 6.07) is 10.3. The van der Waals surface area contributed by atoms with E-state index in [2.05, 4.69) is 11.0 Å². The number of amides is 2. The fourth-order valence-electron chi connectivity index (χ4n) is 5.41. The summed E-state index contributed by atoms with van der Waals surface area (Å²) in [5.41, 5.74) is 0.810. The standard InChI is InChI=1S/C24H32N4O2/c1-19(29)28-14-3-11-24(28,17-20-7-9-21(18-25)10-8-20)23(30)27-13-4-12-26(15-16-27)22-5-2-6-22/h7-10,22H,2-6,11-17H2,1H3. The number of hydrogen-bond acceptors (Lipinski definition) is 4. The molecule has 6 nitrogen and oxygen atoms in total. The SMILES string of the molecule is CC(=O)N1CCCC1(Cc1ccc(C#N)cc1)C(=O)N1CCCN(C2CCC2)CC1. The number of hydrogen-bond donors (Lipinski definition) is 0. The third-order valence-corrected chi connectivity index (χ3v) is 7.26. The summed E-state index contributed by atoms with van der Waals surface area (Å²) >= 11 is 0. The fourth-order valence-corrected chi connectivity index (χ4v) is 5.41. The maximum Gasteiger partial charge on any atom is 0.248 e. The molecule has 0 radical (unpaired) electrons. The smallest absolute Gasteiger partial charge is 0.248 e. The van der Waals surface area contributed by atoms with Crippen molar-refractivity contribution in [2.45, 2.75) is 63.5 Å². The van der Waals surface area contributed by atoms with Crippen LogP contribution in [0.1, 0.15) is 56.6 Å². The van der Waals surface area contributed by atoms with Crippen LogP contribution in [0.25, 0.3) is 0 Å². The molecule has 1 aromatic rings. The highest BCUT2D eigenvalue weighted by atomic mass is 16.2. The number of likely N-dealkylation sites (tertiary alicyclic amines) is 1. The first-order chi connectivity index (χ1) is 14.5. The second-order valence-corrected chi connectivity index (χ2v) is 9.06. The van der Waals surface area contributed by atoms with Crippen LogP contribution in [0.2, 0.25) is 0 Å². The molecule has 0 spiro atoms. The molecule has 0 aromatic heterocycles. The molecule has 6 heteroatoms. The maximum absolute atomic E-state index is 13.9. The van der Waals surface area contributed by atoms with Crippen molar-refractivity contribution >= 4 is 11.8 Å². The van der Waals surface area contributed by atoms with E-state index in [4.69, 9.17) is 5.26 Å². The number of carbonyl (C=O) groups is 2. The first-order valence-corrected chi connectivity index (χ1v) is 11.3. The molecule has 1 aromatic carbocycles. The molecule has 2 amide bonds. The maximum atomic E-state index is 13.9. The van der Waals surface area contributed by atoms with Crippen molar-refractivity contribution in [1.29, 1.82) is 5.26 Å². The summed E-state index contributed by atoms with van der Waals surface area (Å²) in [5.74, 6) is 0.0791. The minimum absolute atomic E-state index is 0.0274. The Hall–Kier alpha value is -2.39. The molecule has 1 unspecified atom stereocenters. The Balaban J connectivity index is 1.56. The number of benzene rings is 1. The average molecular weight is 409 g/mol. The number of carbonyl (C=O) groups excluding carboxylic acids is 2. The van der Waals surface area contributed by atoms with Crippen LogP contribution in [0.15, 0.2) is 24.3 Å². The van der Waals surface area contributed by atoms with E-state index in [9.17, 15) is 9.59 Å². The van der Waals surface area contributed by atoms with Crippen LogP contribution in [-0.4, -0.2) is 70.8 Å². The van der Waals surface area contributed by atoms with Crippen LogP contribution in [0, 0.1) is 11.3 Å². The van der Waals surface area contributed by atoms with Crippen molar-refractivity contribution in [3.8, 4) is 6.07 Å². The summed E-state index contributed by atoms with van der Waals surface area (Å²) in [4.78, 5) is 32.8. The molecule has 2 saturated heterocycles. The van der Waals surface area contributed by atoms with Gasteiger partial charge in [-0.05, 0) is 49.8 Å². The Morgan fingerprint density at radius 1 is 1.03 bits per heavy atom. The van der Waals surface area contributed by atoms with Crippen LogP contribution in [-0.2, 0) is 16.0 Å². The number of nitrogens with zero attached hydrogens (tertiary/aromatic N) is 4. The lowest BCUT2D eigenvalue weighted by atomic mass is 9.86. The van der Waals surface area contributed by atoms with Gasteiger partial charge in [0.1, 0.15) is 5.54 Å². The van der Waals surface area contributed by atoms with Crippen LogP contribution in [0.4, 0.5) is 0 Å². The van der Waals surface area contributed by atoms with Crippen LogP contribution >= 0.6 is 0 Å². The second-order valence-electron chi connectivity index (χ2n) is 9.06. The zero-order valence-electron chi connectivity index (χ0n) is 18.0. The molecule has 1 aliphatic carbocycles. The van der Waals surface area contributed by atoms with Crippen LogP contribution in [0.3, 0.4) is 0 Å². The van der Waals surface area contributed by atoms with Gasteiger partial charge in [0.05, 0.1) is 11.6 Å². The van der Waals surface area contributed by atoms with Crippen LogP contribution in [0.5, 0.6) is 0 Å². The van der Waals surface area contributed by atoms with E-state index in [0.29, 0.717) is 31.0 Å². The van der Waals surface area contributed by atoms with E-state index >= 15 is 0 Å². The highest BCUT2D eigenvalue weighted by molar-refractivity contribution is 5.92. The largest absolute Gasteiger partial charge is 0.339 e. The zero-order valence-corrected chi connectivity index (χ0v) is 18.0.